The van der Waals surface area contributed by atoms with Crippen LogP contribution in [0.25, 0.3) is 11.4 Å². The average molecular weight is 393 g/mol. The highest BCUT2D eigenvalue weighted by atomic mass is 32.2. The molecule has 140 valence electrons. The van der Waals surface area contributed by atoms with Crippen LogP contribution in [0.2, 0.25) is 0 Å². The first-order chi connectivity index (χ1) is 13.7. The number of benzene rings is 2. The van der Waals surface area contributed by atoms with Gasteiger partial charge in [0.1, 0.15) is 11.6 Å². The largest absolute Gasteiger partial charge is 0.467 e. The first-order valence-electron chi connectivity index (χ1n) is 8.63. The zero-order valence-electron chi connectivity index (χ0n) is 14.8. The average Bonchev–Trinajstić information content (AvgIpc) is 3.38. The molecule has 0 bridgehead atoms. The third-order valence-electron chi connectivity index (χ3n) is 4.14. The van der Waals surface area contributed by atoms with Crippen LogP contribution in [0.3, 0.4) is 0 Å². The van der Waals surface area contributed by atoms with E-state index in [1.54, 1.807) is 6.26 Å². The smallest absolute Gasteiger partial charge is 0.192 e. The number of Topliss-reactive ketones (excluding diaryl/α,β-unsaturated/α-hetero) is 1. The lowest BCUT2D eigenvalue weighted by Gasteiger charge is -2.08. The molecule has 7 heteroatoms. The summed E-state index contributed by atoms with van der Waals surface area (Å²) in [6.45, 7) is 0.456. The van der Waals surface area contributed by atoms with Crippen LogP contribution >= 0.6 is 11.8 Å². The molecule has 5 nitrogen and oxygen atoms in total. The number of furan rings is 1. The van der Waals surface area contributed by atoms with E-state index in [1.165, 1.54) is 36.0 Å². The molecule has 0 fully saturated rings. The highest BCUT2D eigenvalue weighted by molar-refractivity contribution is 7.99. The normalized spacial score (nSPS) is 10.9. The molecule has 0 radical (unpaired) electrons. The molecule has 0 unspecified atom stereocenters. The lowest BCUT2D eigenvalue weighted by atomic mass is 10.1. The zero-order valence-corrected chi connectivity index (χ0v) is 15.6. The molecule has 0 amide bonds. The number of nitrogens with zero attached hydrogens (tertiary/aromatic N) is 3. The highest BCUT2D eigenvalue weighted by Gasteiger charge is 2.17. The maximum atomic E-state index is 13.1. The van der Waals surface area contributed by atoms with Gasteiger partial charge in [0.05, 0.1) is 18.6 Å². The Balaban J connectivity index is 1.58. The molecule has 0 aliphatic heterocycles. The molecular weight excluding hydrogens is 377 g/mol. The van der Waals surface area contributed by atoms with Crippen molar-refractivity contribution >= 4 is 17.5 Å². The van der Waals surface area contributed by atoms with Gasteiger partial charge in [-0.05, 0) is 36.4 Å². The predicted molar refractivity (Wildman–Crippen MR) is 105 cm³/mol. The van der Waals surface area contributed by atoms with Gasteiger partial charge in [-0.3, -0.25) is 9.36 Å². The van der Waals surface area contributed by atoms with Gasteiger partial charge >= 0.3 is 0 Å². The summed E-state index contributed by atoms with van der Waals surface area (Å²) in [5.41, 5.74) is 1.40. The molecule has 4 rings (SSSR count). The third-order valence-corrected chi connectivity index (χ3v) is 5.11. The van der Waals surface area contributed by atoms with Crippen molar-refractivity contribution in [2.24, 2.45) is 0 Å². The predicted octanol–water partition coefficient (Wildman–Crippen LogP) is 4.70. The molecule has 0 spiro atoms. The van der Waals surface area contributed by atoms with Crippen LogP contribution < -0.4 is 0 Å². The zero-order chi connectivity index (χ0) is 19.3. The number of hydrogen-bond acceptors (Lipinski definition) is 5. The monoisotopic (exact) mass is 393 g/mol. The van der Waals surface area contributed by atoms with E-state index >= 15 is 0 Å². The van der Waals surface area contributed by atoms with Crippen molar-refractivity contribution in [2.45, 2.75) is 11.7 Å². The van der Waals surface area contributed by atoms with Crippen molar-refractivity contribution < 1.29 is 13.6 Å². The Bertz CT molecular complexity index is 1060. The van der Waals surface area contributed by atoms with Gasteiger partial charge in [0, 0.05) is 11.1 Å². The fourth-order valence-corrected chi connectivity index (χ4v) is 3.58. The summed E-state index contributed by atoms with van der Waals surface area (Å²) in [5, 5.41) is 9.21. The topological polar surface area (TPSA) is 60.9 Å². The van der Waals surface area contributed by atoms with Gasteiger partial charge in [-0.15, -0.1) is 10.2 Å². The summed E-state index contributed by atoms with van der Waals surface area (Å²) in [6, 6.07) is 19.0. The van der Waals surface area contributed by atoms with Crippen LogP contribution in [0.1, 0.15) is 16.1 Å². The molecule has 0 saturated carbocycles. The summed E-state index contributed by atoms with van der Waals surface area (Å²) in [7, 11) is 0. The summed E-state index contributed by atoms with van der Waals surface area (Å²) in [6.07, 6.45) is 1.62. The van der Waals surface area contributed by atoms with E-state index in [1.807, 2.05) is 47.0 Å². The molecule has 0 N–H and O–H groups in total. The number of aromatic nitrogens is 3. The maximum Gasteiger partial charge on any atom is 0.192 e. The van der Waals surface area contributed by atoms with Crippen LogP contribution in [0.4, 0.5) is 4.39 Å². The molecule has 0 atom stereocenters. The van der Waals surface area contributed by atoms with Crippen LogP contribution in [0, 0.1) is 5.82 Å². The van der Waals surface area contributed by atoms with Crippen LogP contribution in [0.5, 0.6) is 0 Å². The summed E-state index contributed by atoms with van der Waals surface area (Å²) in [5.74, 6) is 1.18. The van der Waals surface area contributed by atoms with Crippen molar-refractivity contribution in [3.8, 4) is 11.4 Å². The number of hydrogen-bond donors (Lipinski definition) is 0. The summed E-state index contributed by atoms with van der Waals surface area (Å²) in [4.78, 5) is 12.4. The molecule has 2 heterocycles. The van der Waals surface area contributed by atoms with Gasteiger partial charge in [0.15, 0.2) is 16.8 Å². The molecule has 4 aromatic rings. The molecule has 2 aromatic heterocycles. The Morgan fingerprint density at radius 3 is 2.50 bits per heavy atom. The molecular formula is C21H16FN3O2S. The molecule has 2 aromatic carbocycles. The van der Waals surface area contributed by atoms with E-state index < -0.39 is 0 Å². The highest BCUT2D eigenvalue weighted by Crippen LogP contribution is 2.26. The van der Waals surface area contributed by atoms with Crippen molar-refractivity contribution in [1.29, 1.82) is 0 Å². The van der Waals surface area contributed by atoms with Crippen LogP contribution in [-0.4, -0.2) is 26.3 Å². The number of rotatable bonds is 7. The maximum absolute atomic E-state index is 13.1. The summed E-state index contributed by atoms with van der Waals surface area (Å²) < 4.78 is 20.4. The lowest BCUT2D eigenvalue weighted by Crippen LogP contribution is -2.06. The fraction of sp³-hybridized carbons (Fsp3) is 0.0952. The van der Waals surface area contributed by atoms with Crippen molar-refractivity contribution in [2.75, 3.05) is 5.75 Å². The molecule has 0 aliphatic carbocycles. The first-order valence-corrected chi connectivity index (χ1v) is 9.62. The van der Waals surface area contributed by atoms with Gasteiger partial charge in [-0.1, -0.05) is 42.1 Å². The minimum Gasteiger partial charge on any atom is -0.467 e. The van der Waals surface area contributed by atoms with Crippen molar-refractivity contribution in [1.82, 2.24) is 14.8 Å². The standard InChI is InChI=1S/C21H16FN3O2S/c22-17-10-8-15(9-11-17)19(26)14-28-21-24-23-20(16-5-2-1-3-6-16)25(21)13-18-7-4-12-27-18/h1-12H,13-14H2. The van der Waals surface area contributed by atoms with Gasteiger partial charge in [0.25, 0.3) is 0 Å². The van der Waals surface area contributed by atoms with E-state index in [0.717, 1.165) is 11.3 Å². The van der Waals surface area contributed by atoms with Crippen molar-refractivity contribution in [3.05, 3.63) is 90.1 Å². The minimum absolute atomic E-state index is 0.0983. The Hall–Kier alpha value is -3.19. The second-order valence-corrected chi connectivity index (χ2v) is 7.00. The SMILES string of the molecule is O=C(CSc1nnc(-c2ccccc2)n1Cc1ccco1)c1ccc(F)cc1. The van der Waals surface area contributed by atoms with E-state index in [0.29, 0.717) is 23.1 Å². The second-order valence-electron chi connectivity index (χ2n) is 6.06. The summed E-state index contributed by atoms with van der Waals surface area (Å²) >= 11 is 1.30. The minimum atomic E-state index is -0.366. The number of carbonyl (C=O) groups is 1. The van der Waals surface area contributed by atoms with Gasteiger partial charge in [-0.25, -0.2) is 4.39 Å². The van der Waals surface area contributed by atoms with Gasteiger partial charge in [-0.2, -0.15) is 0 Å². The lowest BCUT2D eigenvalue weighted by molar-refractivity contribution is 0.102. The third kappa shape index (κ3) is 4.04. The van der Waals surface area contributed by atoms with E-state index in [4.69, 9.17) is 4.42 Å². The molecule has 0 saturated heterocycles. The van der Waals surface area contributed by atoms with E-state index in [-0.39, 0.29) is 17.4 Å². The van der Waals surface area contributed by atoms with E-state index in [2.05, 4.69) is 10.2 Å². The number of carbonyl (C=O) groups excluding carboxylic acids is 1. The molecule has 28 heavy (non-hydrogen) atoms. The van der Waals surface area contributed by atoms with Crippen LogP contribution in [0.15, 0.2) is 82.6 Å². The first kappa shape index (κ1) is 18.2. The second kappa shape index (κ2) is 8.22. The number of thioether (sulfide) groups is 1. The van der Waals surface area contributed by atoms with Crippen LogP contribution in [-0.2, 0) is 6.54 Å². The Morgan fingerprint density at radius 1 is 1.00 bits per heavy atom. The Kier molecular flexibility index (Phi) is 5.34. The Morgan fingerprint density at radius 2 is 1.79 bits per heavy atom. The van der Waals surface area contributed by atoms with E-state index in [9.17, 15) is 9.18 Å². The quantitative estimate of drug-likeness (QED) is 0.336. The van der Waals surface area contributed by atoms with Gasteiger partial charge < -0.3 is 4.42 Å². The fourth-order valence-electron chi connectivity index (χ4n) is 2.75. The van der Waals surface area contributed by atoms with Gasteiger partial charge in [0.2, 0.25) is 0 Å². The van der Waals surface area contributed by atoms with Crippen molar-refractivity contribution in [3.63, 3.8) is 0 Å². The number of halogens is 1. The Labute approximate surface area is 165 Å². The number of ketones is 1. The molecule has 0 aliphatic rings.